The summed E-state index contributed by atoms with van der Waals surface area (Å²) in [6.07, 6.45) is 8.20. The van der Waals surface area contributed by atoms with E-state index < -0.39 is 0 Å². The highest BCUT2D eigenvalue weighted by atomic mass is 16.7. The number of ether oxygens (including phenoxy) is 4. The van der Waals surface area contributed by atoms with Crippen LogP contribution in [0.4, 0.5) is 0 Å². The van der Waals surface area contributed by atoms with Crippen LogP contribution in [-0.4, -0.2) is 37.2 Å². The molecule has 1 aromatic rings. The minimum Gasteiger partial charge on any atom is -0.472 e. The van der Waals surface area contributed by atoms with Gasteiger partial charge in [-0.05, 0) is 43.6 Å². The highest BCUT2D eigenvalue weighted by Gasteiger charge is 2.79. The summed E-state index contributed by atoms with van der Waals surface area (Å²) in [7, 11) is 0. The van der Waals surface area contributed by atoms with Gasteiger partial charge in [0.1, 0.15) is 11.7 Å². The number of furan rings is 1. The predicted octanol–water partition coefficient (Wildman–Crippen LogP) is 3.61. The zero-order chi connectivity index (χ0) is 19.1. The lowest BCUT2D eigenvalue weighted by molar-refractivity contribution is -0.332. The number of hydrogen-bond acceptors (Lipinski definition) is 6. The Balaban J connectivity index is 1.46. The van der Waals surface area contributed by atoms with Crippen molar-refractivity contribution in [3.63, 3.8) is 0 Å². The average molecular weight is 388 g/mol. The average Bonchev–Trinajstić information content (AvgIpc) is 3.09. The lowest BCUT2D eigenvalue weighted by Crippen LogP contribution is -2.72. The molecule has 0 unspecified atom stereocenters. The largest absolute Gasteiger partial charge is 0.472 e. The number of rotatable bonds is 2. The van der Waals surface area contributed by atoms with Gasteiger partial charge in [-0.1, -0.05) is 13.3 Å². The zero-order valence-electron chi connectivity index (χ0n) is 16.5. The number of hydrogen-bond donors (Lipinski definition) is 0. The van der Waals surface area contributed by atoms with Crippen molar-refractivity contribution in [2.45, 2.75) is 70.1 Å². The monoisotopic (exact) mass is 388 g/mol. The molecule has 28 heavy (non-hydrogen) atoms. The van der Waals surface area contributed by atoms with E-state index in [9.17, 15) is 4.79 Å². The van der Waals surface area contributed by atoms with Crippen molar-refractivity contribution in [2.75, 3.05) is 13.2 Å². The van der Waals surface area contributed by atoms with Crippen molar-refractivity contribution in [3.8, 4) is 0 Å². The van der Waals surface area contributed by atoms with Gasteiger partial charge < -0.3 is 23.4 Å². The summed E-state index contributed by atoms with van der Waals surface area (Å²) in [5.74, 6) is 0.509. The third kappa shape index (κ3) is 1.97. The van der Waals surface area contributed by atoms with Gasteiger partial charge in [0.2, 0.25) is 0 Å². The first kappa shape index (κ1) is 17.5. The first-order valence-corrected chi connectivity index (χ1v) is 10.6. The number of esters is 1. The van der Waals surface area contributed by atoms with Gasteiger partial charge in [0, 0.05) is 17.9 Å². The summed E-state index contributed by atoms with van der Waals surface area (Å²) in [5.41, 5.74) is 0.563. The molecule has 2 spiro atoms. The Kier molecular flexibility index (Phi) is 3.51. The Bertz CT molecular complexity index is 785. The van der Waals surface area contributed by atoms with Crippen molar-refractivity contribution in [1.82, 2.24) is 0 Å². The molecule has 152 valence electrons. The van der Waals surface area contributed by atoms with Gasteiger partial charge in [-0.15, -0.1) is 0 Å². The van der Waals surface area contributed by atoms with E-state index in [2.05, 4.69) is 6.92 Å². The van der Waals surface area contributed by atoms with Crippen LogP contribution in [0.5, 0.6) is 0 Å². The van der Waals surface area contributed by atoms with Gasteiger partial charge in [0.05, 0.1) is 37.3 Å². The first-order valence-electron chi connectivity index (χ1n) is 10.6. The molecular formula is C22H28O6. The smallest absolute Gasteiger partial charge is 0.302 e. The Morgan fingerprint density at radius 1 is 1.32 bits per heavy atom. The summed E-state index contributed by atoms with van der Waals surface area (Å²) < 4.78 is 30.4. The van der Waals surface area contributed by atoms with E-state index >= 15 is 0 Å². The summed E-state index contributed by atoms with van der Waals surface area (Å²) in [4.78, 5) is 12.0. The molecule has 1 aromatic heterocycles. The molecule has 0 amide bonds. The topological polar surface area (TPSA) is 70.4 Å². The molecule has 0 aromatic carbocycles. The molecule has 2 bridgehead atoms. The molecule has 5 fully saturated rings. The molecular weight excluding hydrogens is 360 g/mol. The summed E-state index contributed by atoms with van der Waals surface area (Å²) >= 11 is 0. The van der Waals surface area contributed by atoms with Crippen LogP contribution in [-0.2, 0) is 23.7 Å². The second kappa shape index (κ2) is 5.61. The maximum Gasteiger partial charge on any atom is 0.302 e. The Labute approximate surface area is 164 Å². The van der Waals surface area contributed by atoms with Crippen LogP contribution in [0.3, 0.4) is 0 Å². The first-order chi connectivity index (χ1) is 13.5. The van der Waals surface area contributed by atoms with Crippen molar-refractivity contribution in [3.05, 3.63) is 24.2 Å². The number of carbonyl (C=O) groups excluding carboxylic acids is 1. The van der Waals surface area contributed by atoms with E-state index in [1.165, 1.54) is 6.92 Å². The molecule has 4 heterocycles. The van der Waals surface area contributed by atoms with Crippen LogP contribution in [0, 0.1) is 22.7 Å². The van der Waals surface area contributed by atoms with E-state index in [1.54, 1.807) is 12.5 Å². The third-order valence-electron chi connectivity index (χ3n) is 8.71. The van der Waals surface area contributed by atoms with Gasteiger partial charge in [-0.3, -0.25) is 4.79 Å². The molecule has 0 N–H and O–H groups in total. The second-order valence-electron chi connectivity index (χ2n) is 9.64. The summed E-state index contributed by atoms with van der Waals surface area (Å²) in [5, 5.41) is 0. The standard InChI is InChI=1S/C22H28O6/c1-13-8-18(27-14(2)23)22-12-25-19-21(13,9-16(28-19)15-5-7-24-10-15)17(22)4-3-6-20(22)11-26-20/h5,7,10,13,16-19H,3-4,6,8-9,11-12H2,1-2H3/t13-,16+,17-,18-,19+,20+,21-,22+/m1/s1. The van der Waals surface area contributed by atoms with Crippen LogP contribution in [0.1, 0.15) is 57.6 Å². The van der Waals surface area contributed by atoms with E-state index in [0.29, 0.717) is 18.4 Å². The molecule has 8 atom stereocenters. The molecule has 5 aliphatic rings. The molecule has 6 heteroatoms. The quantitative estimate of drug-likeness (QED) is 0.569. The van der Waals surface area contributed by atoms with Crippen molar-refractivity contribution in [2.24, 2.45) is 22.7 Å². The maximum atomic E-state index is 12.0. The maximum absolute atomic E-state index is 12.0. The highest BCUT2D eigenvalue weighted by Crippen LogP contribution is 2.74. The second-order valence-corrected chi connectivity index (χ2v) is 9.64. The van der Waals surface area contributed by atoms with Gasteiger partial charge in [0.15, 0.2) is 6.29 Å². The molecule has 2 aliphatic carbocycles. The lowest BCUT2D eigenvalue weighted by Gasteiger charge is -2.66. The van der Waals surface area contributed by atoms with E-state index in [0.717, 1.165) is 44.3 Å². The van der Waals surface area contributed by atoms with Crippen molar-refractivity contribution < 1.29 is 28.2 Å². The minimum absolute atomic E-state index is 0.00901. The van der Waals surface area contributed by atoms with Crippen LogP contribution in [0.15, 0.2) is 23.0 Å². The molecule has 6 rings (SSSR count). The summed E-state index contributed by atoms with van der Waals surface area (Å²) in [6, 6.07) is 1.99. The van der Waals surface area contributed by atoms with E-state index in [1.807, 2.05) is 6.07 Å². The van der Waals surface area contributed by atoms with Gasteiger partial charge in [0.25, 0.3) is 0 Å². The van der Waals surface area contributed by atoms with Gasteiger partial charge >= 0.3 is 5.97 Å². The van der Waals surface area contributed by atoms with Crippen LogP contribution >= 0.6 is 0 Å². The third-order valence-corrected chi connectivity index (χ3v) is 8.71. The fraction of sp³-hybridized carbons (Fsp3) is 0.773. The minimum atomic E-state index is -0.255. The van der Waals surface area contributed by atoms with Gasteiger partial charge in [-0.25, -0.2) is 0 Å². The van der Waals surface area contributed by atoms with Crippen LogP contribution in [0.25, 0.3) is 0 Å². The highest BCUT2D eigenvalue weighted by molar-refractivity contribution is 5.66. The van der Waals surface area contributed by atoms with Crippen LogP contribution < -0.4 is 0 Å². The van der Waals surface area contributed by atoms with Crippen molar-refractivity contribution >= 4 is 5.97 Å². The number of epoxide rings is 1. The fourth-order valence-electron chi connectivity index (χ4n) is 7.48. The number of carbonyl (C=O) groups is 1. The fourth-order valence-corrected chi connectivity index (χ4v) is 7.48. The lowest BCUT2D eigenvalue weighted by atomic mass is 9.41. The molecule has 0 radical (unpaired) electrons. The van der Waals surface area contributed by atoms with Crippen LogP contribution in [0.2, 0.25) is 0 Å². The normalized spacial score (nSPS) is 51.4. The molecule has 2 saturated carbocycles. The Hall–Kier alpha value is -1.37. The summed E-state index contributed by atoms with van der Waals surface area (Å²) in [6.45, 7) is 5.11. The van der Waals surface area contributed by atoms with E-state index in [4.69, 9.17) is 23.4 Å². The predicted molar refractivity (Wildman–Crippen MR) is 97.1 cm³/mol. The van der Waals surface area contributed by atoms with Crippen molar-refractivity contribution in [1.29, 1.82) is 0 Å². The molecule has 3 saturated heterocycles. The van der Waals surface area contributed by atoms with E-state index in [-0.39, 0.29) is 40.9 Å². The Morgan fingerprint density at radius 2 is 2.18 bits per heavy atom. The van der Waals surface area contributed by atoms with Gasteiger partial charge in [-0.2, -0.15) is 0 Å². The zero-order valence-corrected chi connectivity index (χ0v) is 16.5. The molecule has 3 aliphatic heterocycles. The Morgan fingerprint density at radius 3 is 2.89 bits per heavy atom. The molecule has 6 nitrogen and oxygen atoms in total. The SMILES string of the molecule is CC(=O)O[C@@H]1C[C@@H](C)[C@@]23C[C@@H](c4ccoc4)O[C@@H]2OC[C@]12[C@@H]3CCC[C@]21CO1.